The van der Waals surface area contributed by atoms with Crippen molar-refractivity contribution >= 4 is 34.2 Å². The number of hydrogen-bond acceptors (Lipinski definition) is 3. The van der Waals surface area contributed by atoms with Crippen molar-refractivity contribution in [3.05, 3.63) is 59.9 Å². The smallest absolute Gasteiger partial charge is 0.273 e. The van der Waals surface area contributed by atoms with Gasteiger partial charge >= 0.3 is 6.18 Å². The fourth-order valence-corrected chi connectivity index (χ4v) is 3.06. The zero-order valence-corrected chi connectivity index (χ0v) is 12.9. The highest BCUT2D eigenvalue weighted by Crippen LogP contribution is 2.33. The first-order chi connectivity index (χ1) is 11.3. The summed E-state index contributed by atoms with van der Waals surface area (Å²) in [5.74, 6) is -0.735. The number of alkyl halides is 3. The van der Waals surface area contributed by atoms with Gasteiger partial charge in [-0.25, -0.2) is 9.38 Å². The molecule has 2 aromatic carbocycles. The Morgan fingerprint density at radius 3 is 2.54 bits per heavy atom. The fraction of sp³-hybridized carbons (Fsp3) is 0.125. The first-order valence-electron chi connectivity index (χ1n) is 6.82. The van der Waals surface area contributed by atoms with E-state index in [1.54, 1.807) is 0 Å². The number of halogens is 4. The number of benzene rings is 2. The van der Waals surface area contributed by atoms with Crippen LogP contribution >= 0.6 is 11.8 Å². The van der Waals surface area contributed by atoms with Gasteiger partial charge in [0.25, 0.3) is 0 Å². The van der Waals surface area contributed by atoms with Crippen LogP contribution in [0.25, 0.3) is 0 Å². The summed E-state index contributed by atoms with van der Waals surface area (Å²) in [6, 6.07) is 9.90. The van der Waals surface area contributed by atoms with E-state index in [2.05, 4.69) is 4.99 Å². The van der Waals surface area contributed by atoms with Gasteiger partial charge < -0.3 is 0 Å². The number of carbonyl (C=O) groups excluding carboxylic acids is 1. The highest BCUT2D eigenvalue weighted by atomic mass is 32.2. The number of nitrogens with zero attached hydrogens (tertiary/aromatic N) is 2. The van der Waals surface area contributed by atoms with Crippen molar-refractivity contribution in [2.24, 2.45) is 4.99 Å². The Morgan fingerprint density at radius 1 is 1.08 bits per heavy atom. The van der Waals surface area contributed by atoms with Crippen molar-refractivity contribution in [1.29, 1.82) is 0 Å². The molecule has 0 bridgehead atoms. The molecule has 0 unspecified atom stereocenters. The number of aliphatic imine (C=N–C) groups is 1. The average molecular weight is 354 g/mol. The van der Waals surface area contributed by atoms with E-state index in [1.807, 2.05) is 0 Å². The number of amides is 1. The first-order valence-corrected chi connectivity index (χ1v) is 7.80. The molecule has 0 radical (unpaired) electrons. The van der Waals surface area contributed by atoms with Gasteiger partial charge in [-0.2, -0.15) is 13.2 Å². The molecule has 0 aromatic heterocycles. The maximum absolute atomic E-state index is 13.4. The fourth-order valence-electron chi connectivity index (χ4n) is 2.18. The minimum Gasteiger partial charge on any atom is -0.273 e. The molecule has 1 saturated heterocycles. The predicted molar refractivity (Wildman–Crippen MR) is 84.9 cm³/mol. The Morgan fingerprint density at radius 2 is 1.83 bits per heavy atom. The van der Waals surface area contributed by atoms with Crippen LogP contribution in [0.3, 0.4) is 0 Å². The Hall–Kier alpha value is -2.35. The second-order valence-corrected chi connectivity index (χ2v) is 5.88. The minimum atomic E-state index is -4.48. The number of anilines is 1. The maximum atomic E-state index is 13.4. The number of thioether (sulfide) groups is 1. The lowest BCUT2D eigenvalue weighted by atomic mass is 10.2. The Labute approximate surface area is 139 Å². The topological polar surface area (TPSA) is 32.7 Å². The third kappa shape index (κ3) is 3.43. The molecule has 0 atom stereocenters. The molecule has 124 valence electrons. The summed E-state index contributed by atoms with van der Waals surface area (Å²) < 4.78 is 51.7. The van der Waals surface area contributed by atoms with Crippen LogP contribution in [-0.4, -0.2) is 16.8 Å². The summed E-state index contributed by atoms with van der Waals surface area (Å²) in [4.78, 5) is 17.4. The van der Waals surface area contributed by atoms with Crippen molar-refractivity contribution in [2.75, 3.05) is 10.7 Å². The van der Waals surface area contributed by atoms with Crippen LogP contribution in [-0.2, 0) is 11.0 Å². The van der Waals surface area contributed by atoms with E-state index in [4.69, 9.17) is 0 Å². The Bertz CT molecular complexity index is 820. The molecule has 1 aliphatic heterocycles. The van der Waals surface area contributed by atoms with Crippen LogP contribution in [0.15, 0.2) is 53.5 Å². The molecule has 1 heterocycles. The van der Waals surface area contributed by atoms with Gasteiger partial charge in [0.15, 0.2) is 5.17 Å². The van der Waals surface area contributed by atoms with Crippen molar-refractivity contribution < 1.29 is 22.4 Å². The van der Waals surface area contributed by atoms with Crippen LogP contribution in [0, 0.1) is 5.82 Å². The minimum absolute atomic E-state index is 0.0726. The number of carbonyl (C=O) groups is 1. The SMILES string of the molecule is O=C1CSC(=Nc2cccc(C(F)(F)F)c2)N1c1cccc(F)c1. The molecule has 24 heavy (non-hydrogen) atoms. The van der Waals surface area contributed by atoms with E-state index >= 15 is 0 Å². The van der Waals surface area contributed by atoms with Gasteiger partial charge in [-0.05, 0) is 36.4 Å². The van der Waals surface area contributed by atoms with Crippen molar-refractivity contribution in [3.8, 4) is 0 Å². The maximum Gasteiger partial charge on any atom is 0.416 e. The standard InChI is InChI=1S/C16H10F4N2OS/c17-11-4-2-6-13(8-11)22-14(23)9-24-15(22)21-12-5-1-3-10(7-12)16(18,19)20/h1-8H,9H2. The van der Waals surface area contributed by atoms with Crippen LogP contribution in [0.4, 0.5) is 28.9 Å². The van der Waals surface area contributed by atoms with Gasteiger partial charge in [-0.15, -0.1) is 0 Å². The molecule has 8 heteroatoms. The Kier molecular flexibility index (Phi) is 4.31. The lowest BCUT2D eigenvalue weighted by Crippen LogP contribution is -2.29. The lowest BCUT2D eigenvalue weighted by Gasteiger charge is -2.16. The van der Waals surface area contributed by atoms with Gasteiger partial charge in [0.2, 0.25) is 5.91 Å². The highest BCUT2D eigenvalue weighted by Gasteiger charge is 2.32. The predicted octanol–water partition coefficient (Wildman–Crippen LogP) is 4.61. The van der Waals surface area contributed by atoms with Crippen LogP contribution < -0.4 is 4.90 Å². The lowest BCUT2D eigenvalue weighted by molar-refractivity contribution is -0.137. The monoisotopic (exact) mass is 354 g/mol. The first kappa shape index (κ1) is 16.5. The van der Waals surface area contributed by atoms with E-state index in [9.17, 15) is 22.4 Å². The second kappa shape index (κ2) is 6.27. The molecule has 2 aromatic rings. The molecular formula is C16H10F4N2OS. The molecule has 3 nitrogen and oxygen atoms in total. The largest absolute Gasteiger partial charge is 0.416 e. The molecule has 3 rings (SSSR count). The van der Waals surface area contributed by atoms with Gasteiger partial charge in [-0.1, -0.05) is 23.9 Å². The van der Waals surface area contributed by atoms with Crippen molar-refractivity contribution in [2.45, 2.75) is 6.18 Å². The van der Waals surface area contributed by atoms with Gasteiger partial charge in [0.1, 0.15) is 5.82 Å². The molecule has 1 fully saturated rings. The van der Waals surface area contributed by atoms with Crippen molar-refractivity contribution in [3.63, 3.8) is 0 Å². The van der Waals surface area contributed by atoms with Gasteiger partial charge in [-0.3, -0.25) is 9.69 Å². The van der Waals surface area contributed by atoms with E-state index in [1.165, 1.54) is 41.3 Å². The van der Waals surface area contributed by atoms with E-state index in [0.717, 1.165) is 23.9 Å². The summed E-state index contributed by atoms with van der Waals surface area (Å²) in [6.45, 7) is 0. The summed E-state index contributed by atoms with van der Waals surface area (Å²) in [6.07, 6.45) is -4.48. The van der Waals surface area contributed by atoms with Crippen LogP contribution in [0.2, 0.25) is 0 Å². The van der Waals surface area contributed by atoms with Gasteiger partial charge in [0, 0.05) is 0 Å². The summed E-state index contributed by atoms with van der Waals surface area (Å²) in [7, 11) is 0. The molecule has 0 aliphatic carbocycles. The molecule has 0 N–H and O–H groups in total. The van der Waals surface area contributed by atoms with E-state index in [-0.39, 0.29) is 28.2 Å². The highest BCUT2D eigenvalue weighted by molar-refractivity contribution is 8.15. The van der Waals surface area contributed by atoms with E-state index in [0.29, 0.717) is 0 Å². The van der Waals surface area contributed by atoms with Crippen LogP contribution in [0.1, 0.15) is 5.56 Å². The van der Waals surface area contributed by atoms with Crippen molar-refractivity contribution in [1.82, 2.24) is 0 Å². The quantitative estimate of drug-likeness (QED) is 0.738. The zero-order chi connectivity index (χ0) is 17.3. The zero-order valence-electron chi connectivity index (χ0n) is 12.0. The molecule has 0 saturated carbocycles. The van der Waals surface area contributed by atoms with E-state index < -0.39 is 17.6 Å². The molecule has 1 amide bonds. The second-order valence-electron chi connectivity index (χ2n) is 4.94. The number of hydrogen-bond donors (Lipinski definition) is 0. The molecule has 1 aliphatic rings. The summed E-state index contributed by atoms with van der Waals surface area (Å²) in [5.41, 5.74) is -0.463. The average Bonchev–Trinajstić information content (AvgIpc) is 2.87. The molecule has 0 spiro atoms. The number of amidine groups is 1. The Balaban J connectivity index is 1.98. The summed E-state index contributed by atoms with van der Waals surface area (Å²) >= 11 is 1.09. The third-order valence-electron chi connectivity index (χ3n) is 3.23. The number of rotatable bonds is 2. The third-order valence-corrected chi connectivity index (χ3v) is 4.15. The molecular weight excluding hydrogens is 344 g/mol. The van der Waals surface area contributed by atoms with Crippen LogP contribution in [0.5, 0.6) is 0 Å². The van der Waals surface area contributed by atoms with Gasteiger partial charge in [0.05, 0.1) is 22.7 Å². The normalized spacial score (nSPS) is 16.9. The summed E-state index contributed by atoms with van der Waals surface area (Å²) in [5, 5.41) is 0.213.